The van der Waals surface area contributed by atoms with E-state index < -0.39 is 5.54 Å². The Balaban J connectivity index is 0.00000182. The van der Waals surface area contributed by atoms with Crippen LogP contribution in [0.3, 0.4) is 0 Å². The predicted molar refractivity (Wildman–Crippen MR) is 100 cm³/mol. The SMILES string of the molecule is Cc1cc(-c2nc(C3(N)CCCC3)no2)c(C)n1-c1ccccc1.Cl. The number of aromatic nitrogens is 3. The van der Waals surface area contributed by atoms with Gasteiger partial charge in [-0.1, -0.05) is 36.2 Å². The molecule has 5 nitrogen and oxygen atoms in total. The van der Waals surface area contributed by atoms with E-state index in [0.29, 0.717) is 11.7 Å². The third-order valence-electron chi connectivity index (χ3n) is 5.04. The van der Waals surface area contributed by atoms with Crippen LogP contribution in [0.15, 0.2) is 40.9 Å². The summed E-state index contributed by atoms with van der Waals surface area (Å²) in [5.41, 5.74) is 10.3. The van der Waals surface area contributed by atoms with Crippen LogP contribution in [0.1, 0.15) is 42.9 Å². The largest absolute Gasteiger partial charge is 0.334 e. The van der Waals surface area contributed by atoms with Gasteiger partial charge < -0.3 is 14.8 Å². The fourth-order valence-corrected chi connectivity index (χ4v) is 3.72. The van der Waals surface area contributed by atoms with E-state index in [0.717, 1.165) is 48.3 Å². The molecule has 3 aromatic rings. The minimum Gasteiger partial charge on any atom is -0.334 e. The van der Waals surface area contributed by atoms with Crippen LogP contribution in [0.25, 0.3) is 17.1 Å². The Morgan fingerprint density at radius 2 is 1.80 bits per heavy atom. The van der Waals surface area contributed by atoms with Crippen LogP contribution >= 0.6 is 12.4 Å². The van der Waals surface area contributed by atoms with Crippen LogP contribution < -0.4 is 5.73 Å². The molecule has 0 spiro atoms. The molecule has 1 saturated carbocycles. The molecule has 1 aliphatic carbocycles. The molecule has 0 aliphatic heterocycles. The molecule has 0 unspecified atom stereocenters. The first kappa shape index (κ1) is 17.7. The Morgan fingerprint density at radius 1 is 1.12 bits per heavy atom. The number of halogens is 1. The number of rotatable bonds is 3. The van der Waals surface area contributed by atoms with Crippen LogP contribution in [0.2, 0.25) is 0 Å². The maximum atomic E-state index is 6.45. The second-order valence-electron chi connectivity index (χ2n) is 6.74. The monoisotopic (exact) mass is 358 g/mol. The molecule has 4 rings (SSSR count). The van der Waals surface area contributed by atoms with Gasteiger partial charge in [0.25, 0.3) is 5.89 Å². The number of hydrogen-bond acceptors (Lipinski definition) is 4. The van der Waals surface area contributed by atoms with E-state index >= 15 is 0 Å². The lowest BCUT2D eigenvalue weighted by Crippen LogP contribution is -2.34. The van der Waals surface area contributed by atoms with Crippen molar-refractivity contribution in [1.82, 2.24) is 14.7 Å². The molecule has 6 heteroatoms. The average Bonchev–Trinajstić information content (AvgIpc) is 3.28. The lowest BCUT2D eigenvalue weighted by atomic mass is 9.99. The molecule has 1 aliphatic rings. The first-order chi connectivity index (χ1) is 11.6. The summed E-state index contributed by atoms with van der Waals surface area (Å²) >= 11 is 0. The van der Waals surface area contributed by atoms with E-state index in [-0.39, 0.29) is 12.4 Å². The molecule has 2 N–H and O–H groups in total. The van der Waals surface area contributed by atoms with Crippen molar-refractivity contribution < 1.29 is 4.52 Å². The quantitative estimate of drug-likeness (QED) is 0.758. The molecule has 0 radical (unpaired) electrons. The highest BCUT2D eigenvalue weighted by molar-refractivity contribution is 5.85. The summed E-state index contributed by atoms with van der Waals surface area (Å²) in [6, 6.07) is 12.4. The predicted octanol–water partition coefficient (Wildman–Crippen LogP) is 4.29. The number of aryl methyl sites for hydroxylation is 1. The Labute approximate surface area is 153 Å². The summed E-state index contributed by atoms with van der Waals surface area (Å²) in [5, 5.41) is 4.18. The van der Waals surface area contributed by atoms with E-state index in [1.807, 2.05) is 18.2 Å². The van der Waals surface area contributed by atoms with E-state index in [1.165, 1.54) is 0 Å². The van der Waals surface area contributed by atoms with Crippen LogP contribution in [-0.4, -0.2) is 14.7 Å². The van der Waals surface area contributed by atoms with Gasteiger partial charge in [-0.15, -0.1) is 12.4 Å². The third-order valence-corrected chi connectivity index (χ3v) is 5.04. The number of nitrogens with zero attached hydrogens (tertiary/aromatic N) is 3. The van der Waals surface area contributed by atoms with Gasteiger partial charge >= 0.3 is 0 Å². The zero-order valence-corrected chi connectivity index (χ0v) is 15.3. The minimum atomic E-state index is -0.424. The molecule has 0 amide bonds. The van der Waals surface area contributed by atoms with Gasteiger partial charge in [-0.3, -0.25) is 0 Å². The highest BCUT2D eigenvalue weighted by atomic mass is 35.5. The van der Waals surface area contributed by atoms with Gasteiger partial charge in [-0.25, -0.2) is 0 Å². The van der Waals surface area contributed by atoms with Crippen LogP contribution in [0.5, 0.6) is 0 Å². The Kier molecular flexibility index (Phi) is 4.71. The van der Waals surface area contributed by atoms with Crippen molar-refractivity contribution in [3.63, 3.8) is 0 Å². The summed E-state index contributed by atoms with van der Waals surface area (Å²) < 4.78 is 7.76. The van der Waals surface area contributed by atoms with Crippen molar-refractivity contribution in [3.8, 4) is 17.1 Å². The lowest BCUT2D eigenvalue weighted by Gasteiger charge is -2.17. The fraction of sp³-hybridized carbons (Fsp3) is 0.368. The van der Waals surface area contributed by atoms with Gasteiger partial charge in [0.05, 0.1) is 11.1 Å². The molecule has 0 saturated heterocycles. The number of benzene rings is 1. The van der Waals surface area contributed by atoms with Crippen molar-refractivity contribution >= 4 is 12.4 Å². The first-order valence-electron chi connectivity index (χ1n) is 8.46. The lowest BCUT2D eigenvalue weighted by molar-refractivity contribution is 0.372. The molecule has 0 bridgehead atoms. The van der Waals surface area contributed by atoms with Gasteiger partial charge in [0.15, 0.2) is 5.82 Å². The summed E-state index contributed by atoms with van der Waals surface area (Å²) in [7, 11) is 0. The summed E-state index contributed by atoms with van der Waals surface area (Å²) in [4.78, 5) is 4.63. The van der Waals surface area contributed by atoms with Crippen molar-refractivity contribution in [1.29, 1.82) is 0 Å². The first-order valence-corrected chi connectivity index (χ1v) is 8.46. The third kappa shape index (κ3) is 2.98. The van der Waals surface area contributed by atoms with Crippen molar-refractivity contribution in [2.45, 2.75) is 45.1 Å². The normalized spacial score (nSPS) is 16.0. The second-order valence-corrected chi connectivity index (χ2v) is 6.74. The molecular formula is C19H23ClN4O. The van der Waals surface area contributed by atoms with E-state index in [4.69, 9.17) is 10.3 Å². The summed E-state index contributed by atoms with van der Waals surface area (Å²) in [6.07, 6.45) is 4.11. The van der Waals surface area contributed by atoms with Crippen LogP contribution in [0, 0.1) is 13.8 Å². The molecule has 25 heavy (non-hydrogen) atoms. The summed E-state index contributed by atoms with van der Waals surface area (Å²) in [6.45, 7) is 4.16. The molecule has 2 aromatic heterocycles. The smallest absolute Gasteiger partial charge is 0.259 e. The van der Waals surface area contributed by atoms with E-state index in [1.54, 1.807) is 0 Å². The van der Waals surface area contributed by atoms with Crippen molar-refractivity contribution in [3.05, 3.63) is 53.6 Å². The Hall–Kier alpha value is -2.11. The van der Waals surface area contributed by atoms with Gasteiger partial charge in [-0.2, -0.15) is 4.98 Å². The standard InChI is InChI=1S/C19H22N4O.ClH/c1-13-12-16(14(2)23(13)15-8-4-3-5-9-15)17-21-18(22-24-17)19(20)10-6-7-11-19;/h3-5,8-9,12H,6-7,10-11,20H2,1-2H3;1H. The van der Waals surface area contributed by atoms with Gasteiger partial charge in [-0.05, 0) is 44.9 Å². The topological polar surface area (TPSA) is 69.9 Å². The number of para-hydroxylation sites is 1. The zero-order valence-electron chi connectivity index (χ0n) is 14.5. The van der Waals surface area contributed by atoms with Gasteiger partial charge in [0.2, 0.25) is 0 Å². The number of nitrogens with two attached hydrogens (primary N) is 1. The van der Waals surface area contributed by atoms with Crippen molar-refractivity contribution in [2.24, 2.45) is 5.73 Å². The van der Waals surface area contributed by atoms with Gasteiger partial charge in [0, 0.05) is 17.1 Å². The summed E-state index contributed by atoms with van der Waals surface area (Å²) in [5.74, 6) is 1.19. The van der Waals surface area contributed by atoms with Crippen molar-refractivity contribution in [2.75, 3.05) is 0 Å². The Bertz CT molecular complexity index is 863. The maximum absolute atomic E-state index is 6.45. The molecule has 132 valence electrons. The van der Waals surface area contributed by atoms with Crippen LogP contribution in [-0.2, 0) is 5.54 Å². The Morgan fingerprint density at radius 3 is 2.48 bits per heavy atom. The van der Waals surface area contributed by atoms with Gasteiger partial charge in [0.1, 0.15) is 0 Å². The highest BCUT2D eigenvalue weighted by Gasteiger charge is 2.36. The molecule has 1 aromatic carbocycles. The molecule has 1 fully saturated rings. The fourth-order valence-electron chi connectivity index (χ4n) is 3.72. The minimum absolute atomic E-state index is 0. The second kappa shape index (κ2) is 6.65. The zero-order chi connectivity index (χ0) is 16.7. The molecular weight excluding hydrogens is 336 g/mol. The molecule has 2 heterocycles. The number of hydrogen-bond donors (Lipinski definition) is 1. The van der Waals surface area contributed by atoms with E-state index in [9.17, 15) is 0 Å². The van der Waals surface area contributed by atoms with E-state index in [2.05, 4.69) is 46.8 Å². The maximum Gasteiger partial charge on any atom is 0.259 e. The highest BCUT2D eigenvalue weighted by Crippen LogP contribution is 2.36. The average molecular weight is 359 g/mol. The van der Waals surface area contributed by atoms with Crippen LogP contribution in [0.4, 0.5) is 0 Å². The molecule has 0 atom stereocenters.